The largest absolute Gasteiger partial charge is 0.434 e. The Morgan fingerprint density at radius 2 is 1.19 bits per heavy atom. The van der Waals surface area contributed by atoms with Crippen molar-refractivity contribution in [2.75, 3.05) is 0 Å². The number of rotatable bonds is 5. The van der Waals surface area contributed by atoms with E-state index in [-0.39, 0.29) is 0 Å². The van der Waals surface area contributed by atoms with Gasteiger partial charge in [0, 0.05) is 28.9 Å². The van der Waals surface area contributed by atoms with Crippen LogP contribution in [0.25, 0.3) is 89.1 Å². The lowest BCUT2D eigenvalue weighted by atomic mass is 9.99. The molecule has 0 saturated carbocycles. The predicted octanol–water partition coefficient (Wildman–Crippen LogP) is 10.0. The van der Waals surface area contributed by atoms with Gasteiger partial charge in [-0.25, -0.2) is 19.9 Å². The Hall–Kier alpha value is -6.53. The van der Waals surface area contributed by atoms with E-state index in [9.17, 15) is 0 Å². The summed E-state index contributed by atoms with van der Waals surface area (Å²) in [5.41, 5.74) is 12.7. The van der Waals surface area contributed by atoms with Crippen molar-refractivity contribution >= 4 is 33.1 Å². The Morgan fingerprint density at radius 3 is 2.04 bits per heavy atom. The Bertz CT molecular complexity index is 2560. The molecule has 47 heavy (non-hydrogen) atoms. The lowest BCUT2D eigenvalue weighted by Crippen LogP contribution is -1.89. The maximum atomic E-state index is 6.31. The van der Waals surface area contributed by atoms with Gasteiger partial charge in [0.05, 0.1) is 22.3 Å². The molecule has 0 amide bonds. The first-order valence-corrected chi connectivity index (χ1v) is 15.4. The van der Waals surface area contributed by atoms with Crippen LogP contribution in [0.15, 0.2) is 157 Å². The number of hydrogen-bond acceptors (Lipinski definition) is 6. The highest BCUT2D eigenvalue weighted by atomic mass is 16.3. The zero-order valence-electron chi connectivity index (χ0n) is 25.1. The van der Waals surface area contributed by atoms with Gasteiger partial charge in [-0.2, -0.15) is 0 Å². The number of nitrogens with zero attached hydrogens (tertiary/aromatic N) is 5. The summed E-state index contributed by atoms with van der Waals surface area (Å²) in [6, 6.07) is 45.6. The average molecular weight is 604 g/mol. The Kier molecular flexibility index (Phi) is 6.35. The number of aromatic nitrogens is 5. The normalized spacial score (nSPS) is 11.4. The molecule has 0 atom stereocenters. The van der Waals surface area contributed by atoms with E-state index in [1.54, 1.807) is 12.5 Å². The SMILES string of the molecule is c1ccc(-c2ccc(-c3cnc4oc5c(-c6cccc(-c7ccc8ccc(-c9ccccn9)nc8c7)c6)ncnc5c4c3)cc2)cc1. The highest BCUT2D eigenvalue weighted by Crippen LogP contribution is 2.36. The molecule has 6 nitrogen and oxygen atoms in total. The van der Waals surface area contributed by atoms with E-state index in [0.29, 0.717) is 11.3 Å². The quantitative estimate of drug-likeness (QED) is 0.195. The third kappa shape index (κ3) is 4.89. The van der Waals surface area contributed by atoms with Crippen molar-refractivity contribution in [3.63, 3.8) is 0 Å². The molecule has 0 fully saturated rings. The lowest BCUT2D eigenvalue weighted by molar-refractivity contribution is 0.652. The first-order valence-electron chi connectivity index (χ1n) is 15.4. The molecule has 9 aromatic rings. The molecule has 4 aromatic carbocycles. The fourth-order valence-electron chi connectivity index (χ4n) is 6.11. The van der Waals surface area contributed by atoms with Crippen LogP contribution in [-0.4, -0.2) is 24.9 Å². The van der Waals surface area contributed by atoms with Crippen molar-refractivity contribution in [1.82, 2.24) is 24.9 Å². The van der Waals surface area contributed by atoms with E-state index in [2.05, 4.69) is 111 Å². The van der Waals surface area contributed by atoms with Gasteiger partial charge in [-0.15, -0.1) is 0 Å². The summed E-state index contributed by atoms with van der Waals surface area (Å²) in [6.07, 6.45) is 5.23. The van der Waals surface area contributed by atoms with Crippen molar-refractivity contribution in [2.45, 2.75) is 0 Å². The summed E-state index contributed by atoms with van der Waals surface area (Å²) in [7, 11) is 0. The first kappa shape index (κ1) is 26.8. The fraction of sp³-hybridized carbons (Fsp3) is 0. The van der Waals surface area contributed by atoms with Crippen molar-refractivity contribution in [3.8, 4) is 56.0 Å². The third-order valence-corrected chi connectivity index (χ3v) is 8.52. The minimum absolute atomic E-state index is 0.534. The molecule has 0 unspecified atom stereocenters. The van der Waals surface area contributed by atoms with Gasteiger partial charge in [-0.05, 0) is 64.2 Å². The molecule has 0 aliphatic rings. The van der Waals surface area contributed by atoms with Gasteiger partial charge in [0.2, 0.25) is 5.71 Å². The molecular formula is C41H25N5O. The summed E-state index contributed by atoms with van der Waals surface area (Å²) in [5, 5.41) is 1.93. The maximum Gasteiger partial charge on any atom is 0.229 e. The van der Waals surface area contributed by atoms with Crippen molar-refractivity contribution in [1.29, 1.82) is 0 Å². The van der Waals surface area contributed by atoms with Crippen LogP contribution in [-0.2, 0) is 0 Å². The summed E-state index contributed by atoms with van der Waals surface area (Å²) in [4.78, 5) is 23.4. The van der Waals surface area contributed by atoms with E-state index in [0.717, 1.165) is 66.7 Å². The molecule has 9 rings (SSSR count). The number of hydrogen-bond donors (Lipinski definition) is 0. The van der Waals surface area contributed by atoms with E-state index in [1.807, 2.05) is 48.7 Å². The summed E-state index contributed by atoms with van der Waals surface area (Å²) in [5.74, 6) is 0. The minimum atomic E-state index is 0.534. The van der Waals surface area contributed by atoms with Crippen LogP contribution < -0.4 is 0 Å². The number of benzene rings is 4. The zero-order chi connectivity index (χ0) is 31.2. The molecule has 0 aliphatic carbocycles. The first-order chi connectivity index (χ1) is 23.3. The second-order valence-corrected chi connectivity index (χ2v) is 11.4. The molecular weight excluding hydrogens is 578 g/mol. The second-order valence-electron chi connectivity index (χ2n) is 11.4. The van der Waals surface area contributed by atoms with Gasteiger partial charge in [0.15, 0.2) is 5.58 Å². The van der Waals surface area contributed by atoms with Crippen LogP contribution in [0.4, 0.5) is 0 Å². The molecule has 0 aliphatic heterocycles. The molecule has 0 bridgehead atoms. The van der Waals surface area contributed by atoms with E-state index in [1.165, 1.54) is 11.1 Å². The Balaban J connectivity index is 1.08. The molecule has 5 heterocycles. The molecule has 0 spiro atoms. The Morgan fingerprint density at radius 1 is 0.468 bits per heavy atom. The van der Waals surface area contributed by atoms with Gasteiger partial charge in [0.1, 0.15) is 17.5 Å². The summed E-state index contributed by atoms with van der Waals surface area (Å²) < 4.78 is 6.31. The summed E-state index contributed by atoms with van der Waals surface area (Å²) >= 11 is 0. The molecule has 0 radical (unpaired) electrons. The number of pyridine rings is 3. The lowest BCUT2D eigenvalue weighted by Gasteiger charge is -2.08. The topological polar surface area (TPSA) is 77.6 Å². The Labute approximate surface area is 270 Å². The van der Waals surface area contributed by atoms with Crippen LogP contribution in [0.3, 0.4) is 0 Å². The standard InChI is InChI=1S/C41H25N5O/c1-2-7-26(8-3-1)27-12-14-28(15-13-27)33-22-34-39-40(47-41(34)43-24-33)38(44-25-45-39)32-10-6-9-30(21-32)31-17-16-29-18-19-36(46-37(29)23-31)35-11-4-5-20-42-35/h1-25H. The number of fused-ring (bicyclic) bond motifs is 4. The van der Waals surface area contributed by atoms with Crippen molar-refractivity contribution < 1.29 is 4.42 Å². The van der Waals surface area contributed by atoms with E-state index in [4.69, 9.17) is 9.40 Å². The maximum absolute atomic E-state index is 6.31. The zero-order valence-corrected chi connectivity index (χ0v) is 25.1. The van der Waals surface area contributed by atoms with Crippen molar-refractivity contribution in [2.24, 2.45) is 0 Å². The van der Waals surface area contributed by atoms with Gasteiger partial charge in [0.25, 0.3) is 0 Å². The van der Waals surface area contributed by atoms with Crippen LogP contribution in [0, 0.1) is 0 Å². The summed E-state index contributed by atoms with van der Waals surface area (Å²) in [6.45, 7) is 0. The number of furan rings is 1. The molecule has 6 heteroatoms. The molecule has 220 valence electrons. The third-order valence-electron chi connectivity index (χ3n) is 8.52. The second kappa shape index (κ2) is 11.1. The van der Waals surface area contributed by atoms with Crippen LogP contribution in [0.1, 0.15) is 0 Å². The molecule has 0 N–H and O–H groups in total. The van der Waals surface area contributed by atoms with E-state index >= 15 is 0 Å². The van der Waals surface area contributed by atoms with Gasteiger partial charge < -0.3 is 4.42 Å². The average Bonchev–Trinajstić information content (AvgIpc) is 3.53. The van der Waals surface area contributed by atoms with Gasteiger partial charge in [-0.3, -0.25) is 4.98 Å². The molecule has 5 aromatic heterocycles. The highest BCUT2D eigenvalue weighted by molar-refractivity contribution is 6.06. The van der Waals surface area contributed by atoms with Gasteiger partial charge in [-0.1, -0.05) is 97.1 Å². The predicted molar refractivity (Wildman–Crippen MR) is 187 cm³/mol. The minimum Gasteiger partial charge on any atom is -0.434 e. The fourth-order valence-corrected chi connectivity index (χ4v) is 6.11. The highest BCUT2D eigenvalue weighted by Gasteiger charge is 2.17. The van der Waals surface area contributed by atoms with Crippen LogP contribution >= 0.6 is 0 Å². The van der Waals surface area contributed by atoms with Crippen LogP contribution in [0.2, 0.25) is 0 Å². The van der Waals surface area contributed by atoms with Gasteiger partial charge >= 0.3 is 0 Å². The van der Waals surface area contributed by atoms with Crippen molar-refractivity contribution in [3.05, 3.63) is 152 Å². The monoisotopic (exact) mass is 603 g/mol. The smallest absolute Gasteiger partial charge is 0.229 e. The molecule has 0 saturated heterocycles. The van der Waals surface area contributed by atoms with Crippen LogP contribution in [0.5, 0.6) is 0 Å². The van der Waals surface area contributed by atoms with E-state index < -0.39 is 0 Å².